The minimum Gasteiger partial charge on any atom is -0.486 e. The number of ether oxygens (including phenoxy) is 2. The molecule has 0 saturated carbocycles. The quantitative estimate of drug-likeness (QED) is 0.317. The van der Waals surface area contributed by atoms with Gasteiger partial charge in [0.2, 0.25) is 5.88 Å². The molecule has 4 rings (SSSR count). The van der Waals surface area contributed by atoms with Gasteiger partial charge in [-0.25, -0.2) is 23.1 Å². The van der Waals surface area contributed by atoms with Crippen LogP contribution >= 0.6 is 0 Å². The highest BCUT2D eigenvalue weighted by atomic mass is 19.2. The number of rotatable bonds is 8. The molecular weight excluding hydrogens is 437 g/mol. The van der Waals surface area contributed by atoms with Crippen LogP contribution in [0.2, 0.25) is 0 Å². The van der Waals surface area contributed by atoms with E-state index in [-0.39, 0.29) is 36.8 Å². The Morgan fingerprint density at radius 2 is 1.73 bits per heavy atom. The van der Waals surface area contributed by atoms with E-state index in [9.17, 15) is 13.6 Å². The van der Waals surface area contributed by atoms with E-state index >= 15 is 4.39 Å². The molecule has 1 aromatic heterocycles. The Kier molecular flexibility index (Phi) is 6.50. The van der Waals surface area contributed by atoms with E-state index < -0.39 is 34.5 Å². The highest BCUT2D eigenvalue weighted by molar-refractivity contribution is 6.10. The number of hydrogen-bond acceptors (Lipinski definition) is 6. The van der Waals surface area contributed by atoms with Crippen molar-refractivity contribution in [3.05, 3.63) is 94.9 Å². The van der Waals surface area contributed by atoms with Crippen LogP contribution in [-0.4, -0.2) is 34.1 Å². The zero-order valence-electron chi connectivity index (χ0n) is 17.1. The molecule has 0 unspecified atom stereocenters. The molecule has 0 spiro atoms. The number of carbonyl (C=O) groups excluding carboxylic acids is 1. The molecule has 0 aliphatic carbocycles. The molecule has 0 saturated heterocycles. The third kappa shape index (κ3) is 4.78. The van der Waals surface area contributed by atoms with Crippen molar-refractivity contribution in [1.82, 2.24) is 9.97 Å². The van der Waals surface area contributed by atoms with Crippen LogP contribution in [0.3, 0.4) is 0 Å². The van der Waals surface area contributed by atoms with Crippen LogP contribution in [-0.2, 0) is 6.61 Å². The normalized spacial score (nSPS) is 10.9. The maximum atomic E-state index is 15.0. The minimum atomic E-state index is -1.62. The molecule has 1 N–H and O–H groups in total. The summed E-state index contributed by atoms with van der Waals surface area (Å²) in [6.07, 6.45) is 1.34. The molecule has 0 fully saturated rings. The Bertz CT molecular complexity index is 1320. The van der Waals surface area contributed by atoms with Gasteiger partial charge < -0.3 is 14.6 Å². The van der Waals surface area contributed by atoms with Gasteiger partial charge in [0.25, 0.3) is 0 Å². The Morgan fingerprint density at radius 3 is 2.48 bits per heavy atom. The summed E-state index contributed by atoms with van der Waals surface area (Å²) in [5.41, 5.74) is 0.0948. The SMILES string of the molecule is O=C(c1ccc2ncc(OCCO)nc2c1)c1c(F)c(F)cc(OCc2ccccc2)c1F. The summed E-state index contributed by atoms with van der Waals surface area (Å²) in [5.74, 6) is -5.90. The molecule has 168 valence electrons. The van der Waals surface area contributed by atoms with Crippen LogP contribution in [0.1, 0.15) is 21.5 Å². The molecule has 0 atom stereocenters. The van der Waals surface area contributed by atoms with Crippen molar-refractivity contribution in [2.24, 2.45) is 0 Å². The van der Waals surface area contributed by atoms with E-state index in [4.69, 9.17) is 14.6 Å². The average molecular weight is 454 g/mol. The van der Waals surface area contributed by atoms with E-state index in [1.807, 2.05) is 0 Å². The van der Waals surface area contributed by atoms with E-state index in [0.29, 0.717) is 17.1 Å². The van der Waals surface area contributed by atoms with Gasteiger partial charge >= 0.3 is 0 Å². The molecule has 0 aliphatic heterocycles. The fourth-order valence-electron chi connectivity index (χ4n) is 3.12. The first-order valence-electron chi connectivity index (χ1n) is 9.87. The number of fused-ring (bicyclic) bond motifs is 1. The summed E-state index contributed by atoms with van der Waals surface area (Å²) >= 11 is 0. The highest BCUT2D eigenvalue weighted by Crippen LogP contribution is 2.29. The highest BCUT2D eigenvalue weighted by Gasteiger charge is 2.26. The lowest BCUT2D eigenvalue weighted by Gasteiger charge is -2.12. The van der Waals surface area contributed by atoms with Gasteiger partial charge in [-0.15, -0.1) is 0 Å². The van der Waals surface area contributed by atoms with Gasteiger partial charge in [-0.3, -0.25) is 4.79 Å². The summed E-state index contributed by atoms with van der Waals surface area (Å²) in [4.78, 5) is 21.2. The van der Waals surface area contributed by atoms with E-state index in [0.717, 1.165) is 0 Å². The van der Waals surface area contributed by atoms with Crippen molar-refractivity contribution in [2.45, 2.75) is 6.61 Å². The Labute approximate surface area is 186 Å². The molecule has 1 heterocycles. The van der Waals surface area contributed by atoms with Crippen molar-refractivity contribution in [1.29, 1.82) is 0 Å². The molecule has 0 bridgehead atoms. The lowest BCUT2D eigenvalue weighted by Crippen LogP contribution is -2.12. The second kappa shape index (κ2) is 9.66. The third-order valence-corrected chi connectivity index (χ3v) is 4.71. The fraction of sp³-hybridized carbons (Fsp3) is 0.125. The Hall–Kier alpha value is -3.98. The van der Waals surface area contributed by atoms with Crippen LogP contribution < -0.4 is 9.47 Å². The zero-order chi connectivity index (χ0) is 23.4. The summed E-state index contributed by atoms with van der Waals surface area (Å²) in [5, 5.41) is 8.85. The summed E-state index contributed by atoms with van der Waals surface area (Å²) in [7, 11) is 0. The van der Waals surface area contributed by atoms with Crippen molar-refractivity contribution in [2.75, 3.05) is 13.2 Å². The average Bonchev–Trinajstić information content (AvgIpc) is 2.84. The molecule has 4 aromatic rings. The van der Waals surface area contributed by atoms with Crippen LogP contribution in [0.4, 0.5) is 13.2 Å². The summed E-state index contributed by atoms with van der Waals surface area (Å²) in [6.45, 7) is -0.339. The standard InChI is InChI=1S/C24H17F3N2O4/c25-16-11-19(33-13-14-4-2-1-3-5-14)23(27)21(22(16)26)24(31)15-6-7-17-18(10-15)29-20(12-28-17)32-9-8-30/h1-7,10-12,30H,8-9,13H2. The van der Waals surface area contributed by atoms with Gasteiger partial charge in [0.05, 0.1) is 23.8 Å². The third-order valence-electron chi connectivity index (χ3n) is 4.71. The monoisotopic (exact) mass is 454 g/mol. The topological polar surface area (TPSA) is 81.5 Å². The number of hydrogen-bond donors (Lipinski definition) is 1. The molecule has 9 heteroatoms. The zero-order valence-corrected chi connectivity index (χ0v) is 17.1. The number of aliphatic hydroxyl groups is 1. The number of nitrogens with zero attached hydrogens (tertiary/aromatic N) is 2. The van der Waals surface area contributed by atoms with Gasteiger partial charge in [0.15, 0.2) is 29.0 Å². The Morgan fingerprint density at radius 1 is 0.939 bits per heavy atom. The maximum Gasteiger partial charge on any atom is 0.232 e. The van der Waals surface area contributed by atoms with E-state index in [1.165, 1.54) is 24.4 Å². The van der Waals surface area contributed by atoms with Crippen LogP contribution in [0.5, 0.6) is 11.6 Å². The number of ketones is 1. The molecule has 0 radical (unpaired) electrons. The predicted octanol–water partition coefficient (Wildman–Crippen LogP) is 4.23. The number of benzene rings is 3. The van der Waals surface area contributed by atoms with Crippen molar-refractivity contribution >= 4 is 16.8 Å². The van der Waals surface area contributed by atoms with E-state index in [1.54, 1.807) is 30.3 Å². The summed E-state index contributed by atoms with van der Waals surface area (Å²) in [6, 6.07) is 13.3. The largest absolute Gasteiger partial charge is 0.486 e. The molecule has 0 amide bonds. The smallest absolute Gasteiger partial charge is 0.232 e. The Balaban J connectivity index is 1.68. The first kappa shape index (κ1) is 22.2. The predicted molar refractivity (Wildman–Crippen MR) is 113 cm³/mol. The van der Waals surface area contributed by atoms with Gasteiger partial charge in [-0.1, -0.05) is 30.3 Å². The number of carbonyl (C=O) groups is 1. The van der Waals surface area contributed by atoms with Gasteiger partial charge in [0.1, 0.15) is 18.8 Å². The van der Waals surface area contributed by atoms with Crippen LogP contribution in [0, 0.1) is 17.5 Å². The van der Waals surface area contributed by atoms with Gasteiger partial charge in [-0.2, -0.15) is 0 Å². The molecule has 3 aromatic carbocycles. The van der Waals surface area contributed by atoms with Gasteiger partial charge in [0, 0.05) is 11.6 Å². The fourth-order valence-corrected chi connectivity index (χ4v) is 3.12. The number of aliphatic hydroxyl groups excluding tert-OH is 1. The first-order valence-corrected chi connectivity index (χ1v) is 9.87. The molecule has 33 heavy (non-hydrogen) atoms. The minimum absolute atomic E-state index is 0.00964. The molecule has 6 nitrogen and oxygen atoms in total. The van der Waals surface area contributed by atoms with Crippen molar-refractivity contribution in [3.63, 3.8) is 0 Å². The molecular formula is C24H17F3N2O4. The second-order valence-corrected chi connectivity index (χ2v) is 6.95. The molecule has 0 aliphatic rings. The van der Waals surface area contributed by atoms with E-state index in [2.05, 4.69) is 9.97 Å². The van der Waals surface area contributed by atoms with Crippen LogP contribution in [0.25, 0.3) is 11.0 Å². The van der Waals surface area contributed by atoms with Gasteiger partial charge in [-0.05, 0) is 23.8 Å². The summed E-state index contributed by atoms with van der Waals surface area (Å²) < 4.78 is 54.3. The van der Waals surface area contributed by atoms with Crippen molar-refractivity contribution < 1.29 is 32.5 Å². The number of halogens is 3. The lowest BCUT2D eigenvalue weighted by molar-refractivity contribution is 0.102. The number of aromatic nitrogens is 2. The lowest BCUT2D eigenvalue weighted by atomic mass is 10.0. The maximum absolute atomic E-state index is 15.0. The first-order chi connectivity index (χ1) is 16.0. The van der Waals surface area contributed by atoms with Crippen molar-refractivity contribution in [3.8, 4) is 11.6 Å². The second-order valence-electron chi connectivity index (χ2n) is 6.95. The van der Waals surface area contributed by atoms with Crippen LogP contribution in [0.15, 0.2) is 60.8 Å².